The zero-order valence-corrected chi connectivity index (χ0v) is 11.0. The first-order valence-corrected chi connectivity index (χ1v) is 6.48. The maximum atomic E-state index is 5.83. The summed E-state index contributed by atoms with van der Waals surface area (Å²) in [6.07, 6.45) is 5.57. The molecule has 2 heterocycles. The molecule has 0 aliphatic carbocycles. The second-order valence-electron chi connectivity index (χ2n) is 4.98. The van der Waals surface area contributed by atoms with Crippen LogP contribution in [0.2, 0.25) is 0 Å². The van der Waals surface area contributed by atoms with Gasteiger partial charge in [0.05, 0.1) is 6.10 Å². The molecule has 3 atom stereocenters. The Balaban J connectivity index is 1.89. The summed E-state index contributed by atoms with van der Waals surface area (Å²) in [5.74, 6) is 0.666. The van der Waals surface area contributed by atoms with Crippen molar-refractivity contribution in [3.63, 3.8) is 0 Å². The van der Waals surface area contributed by atoms with E-state index in [2.05, 4.69) is 23.4 Å². The van der Waals surface area contributed by atoms with Crippen LogP contribution in [0.3, 0.4) is 0 Å². The van der Waals surface area contributed by atoms with Crippen molar-refractivity contribution >= 4 is 0 Å². The van der Waals surface area contributed by atoms with Gasteiger partial charge in [-0.3, -0.25) is 4.68 Å². The van der Waals surface area contributed by atoms with Crippen LogP contribution in [-0.4, -0.2) is 35.6 Å². The quantitative estimate of drug-likeness (QED) is 0.840. The topological polar surface area (TPSA) is 39.1 Å². The summed E-state index contributed by atoms with van der Waals surface area (Å²) in [6.45, 7) is 3.20. The fourth-order valence-corrected chi connectivity index (χ4v) is 2.65. The molecule has 96 valence electrons. The monoisotopic (exact) mass is 237 g/mol. The molecule has 0 spiro atoms. The van der Waals surface area contributed by atoms with Gasteiger partial charge in [-0.2, -0.15) is 5.10 Å². The third-order valence-electron chi connectivity index (χ3n) is 3.85. The molecular weight excluding hydrogens is 214 g/mol. The summed E-state index contributed by atoms with van der Waals surface area (Å²) in [6, 6.07) is 2.54. The van der Waals surface area contributed by atoms with Crippen molar-refractivity contribution in [2.75, 3.05) is 13.7 Å². The first-order valence-electron chi connectivity index (χ1n) is 6.48. The van der Waals surface area contributed by atoms with E-state index in [0.717, 1.165) is 19.4 Å². The lowest BCUT2D eigenvalue weighted by Crippen LogP contribution is -2.40. The molecular formula is C13H23N3O. The molecule has 0 bridgehead atoms. The van der Waals surface area contributed by atoms with E-state index in [9.17, 15) is 0 Å². The molecule has 0 radical (unpaired) electrons. The van der Waals surface area contributed by atoms with Gasteiger partial charge in [-0.05, 0) is 38.3 Å². The Morgan fingerprint density at radius 3 is 3.00 bits per heavy atom. The van der Waals surface area contributed by atoms with Crippen LogP contribution in [0.1, 0.15) is 25.5 Å². The Morgan fingerprint density at radius 1 is 1.65 bits per heavy atom. The van der Waals surface area contributed by atoms with E-state index in [4.69, 9.17) is 4.74 Å². The number of hydrogen-bond donors (Lipinski definition) is 1. The van der Waals surface area contributed by atoms with E-state index in [1.54, 1.807) is 0 Å². The van der Waals surface area contributed by atoms with Gasteiger partial charge in [-0.1, -0.05) is 6.92 Å². The number of ether oxygens (including phenoxy) is 1. The van der Waals surface area contributed by atoms with Crippen LogP contribution in [0, 0.1) is 5.92 Å². The average molecular weight is 237 g/mol. The Kier molecular flexibility index (Phi) is 4.18. The van der Waals surface area contributed by atoms with Crippen LogP contribution in [0.15, 0.2) is 12.3 Å². The van der Waals surface area contributed by atoms with Gasteiger partial charge in [0, 0.05) is 31.6 Å². The molecule has 0 aromatic carbocycles. The molecule has 0 saturated carbocycles. The highest BCUT2D eigenvalue weighted by Crippen LogP contribution is 2.24. The van der Waals surface area contributed by atoms with Gasteiger partial charge >= 0.3 is 0 Å². The highest BCUT2D eigenvalue weighted by atomic mass is 16.5. The smallest absolute Gasteiger partial charge is 0.0754 e. The first-order chi connectivity index (χ1) is 8.22. The van der Waals surface area contributed by atoms with Gasteiger partial charge in [-0.15, -0.1) is 0 Å². The Labute approximate surface area is 103 Å². The summed E-state index contributed by atoms with van der Waals surface area (Å²) >= 11 is 0. The summed E-state index contributed by atoms with van der Waals surface area (Å²) < 4.78 is 7.78. The van der Waals surface area contributed by atoms with Crippen LogP contribution >= 0.6 is 0 Å². The van der Waals surface area contributed by atoms with E-state index in [1.165, 1.54) is 12.1 Å². The van der Waals surface area contributed by atoms with E-state index in [1.807, 2.05) is 25.0 Å². The second kappa shape index (κ2) is 5.65. The van der Waals surface area contributed by atoms with Crippen molar-refractivity contribution in [3.05, 3.63) is 18.0 Å². The molecule has 4 heteroatoms. The zero-order valence-electron chi connectivity index (χ0n) is 11.0. The third kappa shape index (κ3) is 2.87. The number of aryl methyl sites for hydroxylation is 2. The van der Waals surface area contributed by atoms with Gasteiger partial charge in [0.1, 0.15) is 0 Å². The second-order valence-corrected chi connectivity index (χ2v) is 4.98. The number of rotatable bonds is 5. The van der Waals surface area contributed by atoms with E-state index >= 15 is 0 Å². The van der Waals surface area contributed by atoms with Crippen molar-refractivity contribution in [2.45, 2.75) is 38.3 Å². The number of hydrogen-bond acceptors (Lipinski definition) is 3. The van der Waals surface area contributed by atoms with Crippen LogP contribution in [-0.2, 0) is 18.2 Å². The van der Waals surface area contributed by atoms with E-state index in [0.29, 0.717) is 18.1 Å². The summed E-state index contributed by atoms with van der Waals surface area (Å²) in [5.41, 5.74) is 1.29. The highest BCUT2D eigenvalue weighted by molar-refractivity contribution is 5.01. The molecule has 1 N–H and O–H groups in total. The minimum absolute atomic E-state index is 0.369. The number of nitrogens with zero attached hydrogens (tertiary/aromatic N) is 2. The van der Waals surface area contributed by atoms with Crippen molar-refractivity contribution < 1.29 is 4.74 Å². The zero-order chi connectivity index (χ0) is 12.3. The fourth-order valence-electron chi connectivity index (χ4n) is 2.65. The number of nitrogens with one attached hydrogen (secondary N) is 1. The predicted molar refractivity (Wildman–Crippen MR) is 67.9 cm³/mol. The Bertz CT molecular complexity index is 350. The molecule has 0 amide bonds. The molecule has 4 nitrogen and oxygen atoms in total. The van der Waals surface area contributed by atoms with Crippen LogP contribution in [0.25, 0.3) is 0 Å². The lowest BCUT2D eigenvalue weighted by molar-refractivity contribution is 0.0606. The largest absolute Gasteiger partial charge is 0.376 e. The maximum Gasteiger partial charge on any atom is 0.0754 e. The van der Waals surface area contributed by atoms with E-state index < -0.39 is 0 Å². The molecule has 17 heavy (non-hydrogen) atoms. The molecule has 1 fully saturated rings. The van der Waals surface area contributed by atoms with Crippen molar-refractivity contribution in [1.29, 1.82) is 0 Å². The molecule has 1 saturated heterocycles. The van der Waals surface area contributed by atoms with Crippen molar-refractivity contribution in [3.8, 4) is 0 Å². The lowest BCUT2D eigenvalue weighted by Gasteiger charge is -2.25. The minimum atomic E-state index is 0.369. The van der Waals surface area contributed by atoms with Gasteiger partial charge in [-0.25, -0.2) is 0 Å². The predicted octanol–water partition coefficient (Wildman–Crippen LogP) is 1.37. The first kappa shape index (κ1) is 12.6. The molecule has 1 aromatic rings. The fraction of sp³-hybridized carbons (Fsp3) is 0.769. The van der Waals surface area contributed by atoms with Crippen LogP contribution < -0.4 is 5.32 Å². The average Bonchev–Trinajstić information content (AvgIpc) is 2.90. The number of aromatic nitrogens is 2. The Hall–Kier alpha value is -0.870. The molecule has 1 aromatic heterocycles. The highest BCUT2D eigenvalue weighted by Gasteiger charge is 2.30. The maximum absolute atomic E-state index is 5.83. The Morgan fingerprint density at radius 2 is 2.47 bits per heavy atom. The van der Waals surface area contributed by atoms with Gasteiger partial charge < -0.3 is 10.1 Å². The molecule has 1 aliphatic heterocycles. The summed E-state index contributed by atoms with van der Waals surface area (Å²) in [5, 5.41) is 7.60. The van der Waals surface area contributed by atoms with Crippen molar-refractivity contribution in [1.82, 2.24) is 15.1 Å². The van der Waals surface area contributed by atoms with Crippen LogP contribution in [0.4, 0.5) is 0 Å². The molecule has 1 aliphatic rings. The van der Waals surface area contributed by atoms with Gasteiger partial charge in [0.2, 0.25) is 0 Å². The molecule has 3 unspecified atom stereocenters. The minimum Gasteiger partial charge on any atom is -0.376 e. The lowest BCUT2D eigenvalue weighted by atomic mass is 9.94. The normalized spacial score (nSPS) is 26.3. The standard InChI is InChI=1S/C13H23N3O/c1-10-7-9-17-13(10)12(14-2)5-4-11-6-8-15-16(11)3/h6,8,10,12-14H,4-5,7,9H2,1-3H3. The summed E-state index contributed by atoms with van der Waals surface area (Å²) in [7, 11) is 4.03. The molecule has 2 rings (SSSR count). The summed E-state index contributed by atoms with van der Waals surface area (Å²) in [4.78, 5) is 0. The van der Waals surface area contributed by atoms with Gasteiger partial charge in [0.15, 0.2) is 0 Å². The van der Waals surface area contributed by atoms with Gasteiger partial charge in [0.25, 0.3) is 0 Å². The van der Waals surface area contributed by atoms with E-state index in [-0.39, 0.29) is 0 Å². The SMILES string of the molecule is CNC(CCc1ccnn1C)C1OCCC1C. The van der Waals surface area contributed by atoms with Crippen molar-refractivity contribution in [2.24, 2.45) is 13.0 Å². The van der Waals surface area contributed by atoms with Crippen LogP contribution in [0.5, 0.6) is 0 Å². The number of likely N-dealkylation sites (N-methyl/N-ethyl adjacent to an activating group) is 1. The third-order valence-corrected chi connectivity index (χ3v) is 3.85.